The highest BCUT2D eigenvalue weighted by molar-refractivity contribution is 7.95. The lowest BCUT2D eigenvalue weighted by atomic mass is 10.0. The molecule has 0 saturated heterocycles. The molecule has 0 aromatic rings. The molecule has 2 atom stereocenters. The van der Waals surface area contributed by atoms with E-state index in [0.717, 1.165) is 19.3 Å². The summed E-state index contributed by atoms with van der Waals surface area (Å²) in [6, 6.07) is 0. The Hall–Kier alpha value is 0.220. The van der Waals surface area contributed by atoms with Gasteiger partial charge < -0.3 is 23.1 Å². The maximum atomic E-state index is 11.9. The number of unbranched alkanes of at least 4 members (excludes halogenated alkanes) is 1. The lowest BCUT2D eigenvalue weighted by Crippen LogP contribution is -2.24. The molecule has 0 aliphatic carbocycles. The van der Waals surface area contributed by atoms with E-state index >= 15 is 0 Å². The molecule has 0 bridgehead atoms. The van der Waals surface area contributed by atoms with Crippen molar-refractivity contribution >= 4 is 61.9 Å². The van der Waals surface area contributed by atoms with Crippen LogP contribution in [0.25, 0.3) is 0 Å². The van der Waals surface area contributed by atoms with Crippen molar-refractivity contribution in [3.05, 3.63) is 0 Å². The van der Waals surface area contributed by atoms with Crippen LogP contribution in [0.1, 0.15) is 26.2 Å². The molecule has 0 spiro atoms. The fourth-order valence-electron chi connectivity index (χ4n) is 2.06. The van der Waals surface area contributed by atoms with Crippen molar-refractivity contribution in [2.45, 2.75) is 26.2 Å². The summed E-state index contributed by atoms with van der Waals surface area (Å²) in [4.78, 5) is 23.7. The Morgan fingerprint density at radius 2 is 1.34 bits per heavy atom. The molecule has 0 radical (unpaired) electrons. The first-order valence-electron chi connectivity index (χ1n) is 9.66. The van der Waals surface area contributed by atoms with E-state index in [9.17, 15) is 9.59 Å². The average molecular weight is 491 g/mol. The first-order chi connectivity index (χ1) is 14.1. The lowest BCUT2D eigenvalue weighted by molar-refractivity contribution is -0.150. The highest BCUT2D eigenvalue weighted by atomic mass is 32.2. The number of ether oxygens (including phenoxy) is 4. The number of hydrogen-bond acceptors (Lipinski definition) is 11. The molecule has 0 amide bonds. The standard InChI is InChI=1S/C18H34O7S4/c1-2-3-4-15(11-26)17(19)23-9-7-21-5-6-22-8-10-24-18(20)16(12-27)13-29-25-14-28/h15-16,26-28H,2-14H2,1H3. The topological polar surface area (TPSA) is 80.3 Å². The Labute approximate surface area is 195 Å². The van der Waals surface area contributed by atoms with Gasteiger partial charge in [0.15, 0.2) is 0 Å². The van der Waals surface area contributed by atoms with Crippen LogP contribution in [0.15, 0.2) is 0 Å². The van der Waals surface area contributed by atoms with Crippen molar-refractivity contribution in [3.63, 3.8) is 0 Å². The van der Waals surface area contributed by atoms with Crippen LogP contribution in [0.4, 0.5) is 0 Å². The number of carbonyl (C=O) groups is 2. The lowest BCUT2D eigenvalue weighted by Gasteiger charge is -2.14. The molecule has 0 saturated carbocycles. The van der Waals surface area contributed by atoms with Crippen molar-refractivity contribution in [1.29, 1.82) is 0 Å². The Bertz CT molecular complexity index is 416. The number of carbonyl (C=O) groups excluding carboxylic acids is 2. The maximum absolute atomic E-state index is 11.9. The van der Waals surface area contributed by atoms with Gasteiger partial charge in [0.2, 0.25) is 0 Å². The van der Waals surface area contributed by atoms with Crippen LogP contribution in [0, 0.1) is 11.8 Å². The molecule has 0 rings (SSSR count). The zero-order valence-electron chi connectivity index (χ0n) is 17.0. The van der Waals surface area contributed by atoms with E-state index in [1.165, 1.54) is 12.0 Å². The van der Waals surface area contributed by atoms with Gasteiger partial charge in [-0.2, -0.15) is 25.3 Å². The summed E-state index contributed by atoms with van der Waals surface area (Å²) in [5.41, 5.74) is 0. The highest BCUT2D eigenvalue weighted by Crippen LogP contribution is 2.14. The summed E-state index contributed by atoms with van der Waals surface area (Å²) in [5.74, 6) is 0.602. The van der Waals surface area contributed by atoms with Gasteiger partial charge in [0, 0.05) is 17.3 Å². The zero-order valence-corrected chi connectivity index (χ0v) is 20.5. The molecule has 0 aliphatic rings. The Kier molecular flexibility index (Phi) is 21.6. The maximum Gasteiger partial charge on any atom is 0.310 e. The van der Waals surface area contributed by atoms with Crippen molar-refractivity contribution in [2.75, 3.05) is 62.8 Å². The monoisotopic (exact) mass is 490 g/mol. The predicted molar refractivity (Wildman–Crippen MR) is 125 cm³/mol. The summed E-state index contributed by atoms with van der Waals surface area (Å²) in [6.07, 6.45) is 2.83. The van der Waals surface area contributed by atoms with Crippen molar-refractivity contribution in [1.82, 2.24) is 0 Å². The van der Waals surface area contributed by atoms with Gasteiger partial charge in [0.25, 0.3) is 0 Å². The molecule has 7 nitrogen and oxygen atoms in total. The van der Waals surface area contributed by atoms with Gasteiger partial charge in [-0.3, -0.25) is 9.59 Å². The quantitative estimate of drug-likeness (QED) is 0.0790. The molecule has 0 N–H and O–H groups in total. The van der Waals surface area contributed by atoms with E-state index in [2.05, 4.69) is 44.8 Å². The molecule has 172 valence electrons. The first kappa shape index (κ1) is 29.2. The molecule has 2 unspecified atom stereocenters. The second-order valence-electron chi connectivity index (χ2n) is 5.99. The molecule has 0 fully saturated rings. The fourth-order valence-corrected chi connectivity index (χ4v) is 3.65. The zero-order chi connectivity index (χ0) is 21.7. The van der Waals surface area contributed by atoms with Crippen molar-refractivity contribution in [3.8, 4) is 0 Å². The van der Waals surface area contributed by atoms with Crippen LogP contribution in [0.3, 0.4) is 0 Å². The minimum atomic E-state index is -0.335. The Balaban J connectivity index is 3.59. The largest absolute Gasteiger partial charge is 0.463 e. The van der Waals surface area contributed by atoms with Gasteiger partial charge in [-0.15, -0.1) is 12.6 Å². The van der Waals surface area contributed by atoms with Crippen LogP contribution in [0.2, 0.25) is 0 Å². The number of hydrogen-bond donors (Lipinski definition) is 3. The molecule has 29 heavy (non-hydrogen) atoms. The van der Waals surface area contributed by atoms with E-state index in [4.69, 9.17) is 23.1 Å². The summed E-state index contributed by atoms with van der Waals surface area (Å²) >= 11 is 13.4. The first-order valence-corrected chi connectivity index (χ1v) is 12.5. The normalized spacial score (nSPS) is 13.1. The van der Waals surface area contributed by atoms with E-state index in [-0.39, 0.29) is 49.5 Å². The van der Waals surface area contributed by atoms with Gasteiger partial charge in [-0.05, 0) is 18.5 Å². The van der Waals surface area contributed by atoms with Crippen LogP contribution < -0.4 is 0 Å². The number of esters is 2. The summed E-state index contributed by atoms with van der Waals surface area (Å²) in [7, 11) is 0. The van der Waals surface area contributed by atoms with Crippen LogP contribution in [-0.2, 0) is 32.7 Å². The molecule has 0 aromatic carbocycles. The Morgan fingerprint density at radius 1 is 0.828 bits per heavy atom. The van der Waals surface area contributed by atoms with Gasteiger partial charge in [0.05, 0.1) is 38.3 Å². The van der Waals surface area contributed by atoms with E-state index in [1.807, 2.05) is 0 Å². The van der Waals surface area contributed by atoms with Gasteiger partial charge in [-0.1, -0.05) is 19.8 Å². The minimum absolute atomic E-state index is 0.152. The highest BCUT2D eigenvalue weighted by Gasteiger charge is 2.19. The fraction of sp³-hybridized carbons (Fsp3) is 0.889. The third-order valence-electron chi connectivity index (χ3n) is 3.73. The molecule has 0 aromatic heterocycles. The van der Waals surface area contributed by atoms with E-state index < -0.39 is 0 Å². The van der Waals surface area contributed by atoms with Crippen molar-refractivity contribution < 1.29 is 32.7 Å². The third kappa shape index (κ3) is 16.6. The van der Waals surface area contributed by atoms with Gasteiger partial charge in [0.1, 0.15) is 19.2 Å². The van der Waals surface area contributed by atoms with Crippen LogP contribution in [-0.4, -0.2) is 74.8 Å². The van der Waals surface area contributed by atoms with Crippen LogP contribution in [0.5, 0.6) is 0 Å². The smallest absolute Gasteiger partial charge is 0.310 e. The summed E-state index contributed by atoms with van der Waals surface area (Å²) in [5, 5.41) is 0. The second kappa shape index (κ2) is 21.5. The van der Waals surface area contributed by atoms with Crippen LogP contribution >= 0.6 is 49.9 Å². The van der Waals surface area contributed by atoms with Gasteiger partial charge in [-0.25, -0.2) is 0 Å². The SMILES string of the molecule is CCCCC(CS)C(=O)OCCOCCOCCOC(=O)C(CS)CSOCS. The second-order valence-corrected chi connectivity index (χ2v) is 7.79. The molecular formula is C18H34O7S4. The number of rotatable bonds is 20. The average Bonchev–Trinajstić information content (AvgIpc) is 2.73. The summed E-state index contributed by atoms with van der Waals surface area (Å²) < 4.78 is 26.1. The Morgan fingerprint density at radius 3 is 1.83 bits per heavy atom. The molecular weight excluding hydrogens is 456 g/mol. The van der Waals surface area contributed by atoms with Gasteiger partial charge >= 0.3 is 11.9 Å². The molecule has 0 heterocycles. The summed E-state index contributed by atoms with van der Waals surface area (Å²) in [6.45, 7) is 3.80. The predicted octanol–water partition coefficient (Wildman–Crippen LogP) is 2.94. The van der Waals surface area contributed by atoms with E-state index in [1.54, 1.807) is 0 Å². The molecule has 0 aliphatic heterocycles. The van der Waals surface area contributed by atoms with Crippen molar-refractivity contribution in [2.24, 2.45) is 11.8 Å². The number of thiol groups is 3. The third-order valence-corrected chi connectivity index (χ3v) is 5.74. The van der Waals surface area contributed by atoms with E-state index in [0.29, 0.717) is 37.1 Å². The minimum Gasteiger partial charge on any atom is -0.463 e. The molecule has 11 heteroatoms.